The largest absolute Gasteiger partial charge is 0.453 e. The molecule has 0 saturated heterocycles. The van der Waals surface area contributed by atoms with Crippen molar-refractivity contribution >= 4 is 17.8 Å². The number of rotatable bonds is 11. The molecule has 3 rings (SSSR count). The zero-order chi connectivity index (χ0) is 28.4. The molecular weight excluding hydrogens is 492 g/mol. The van der Waals surface area contributed by atoms with E-state index >= 15 is 0 Å². The molecule has 8 nitrogen and oxygen atoms in total. The van der Waals surface area contributed by atoms with Crippen LogP contribution in [-0.2, 0) is 27.3 Å². The summed E-state index contributed by atoms with van der Waals surface area (Å²) in [4.78, 5) is 43.0. The van der Waals surface area contributed by atoms with Crippen molar-refractivity contribution in [1.82, 2.24) is 20.7 Å². The first-order chi connectivity index (χ1) is 18.6. The number of hydrogen-bond acceptors (Lipinski definition) is 6. The molecular formula is C31H38N4O4. The van der Waals surface area contributed by atoms with Gasteiger partial charge in [-0.25, -0.2) is 9.80 Å². The highest BCUT2D eigenvalue weighted by atomic mass is 16.5. The van der Waals surface area contributed by atoms with E-state index < -0.39 is 23.5 Å². The highest BCUT2D eigenvalue weighted by Gasteiger charge is 2.34. The second-order valence-corrected chi connectivity index (χ2v) is 10.7. The molecule has 1 heterocycles. The van der Waals surface area contributed by atoms with Crippen LogP contribution in [0.3, 0.4) is 0 Å². The molecule has 1 aromatic heterocycles. The molecule has 39 heavy (non-hydrogen) atoms. The molecule has 0 unspecified atom stereocenters. The average Bonchev–Trinajstić information content (AvgIpc) is 2.92. The van der Waals surface area contributed by atoms with Gasteiger partial charge in [0.2, 0.25) is 0 Å². The molecule has 0 radical (unpaired) electrons. The SMILES string of the molecule is COC(=O)N[C@@H](C(=O)NN(CC(=O)[C@@H](C)Cc1ccccc1)Cc1ccc(-c2ccccn2)cc1)C(C)(C)C. The van der Waals surface area contributed by atoms with E-state index in [-0.39, 0.29) is 18.2 Å². The molecule has 0 saturated carbocycles. The molecule has 3 aromatic rings. The summed E-state index contributed by atoms with van der Waals surface area (Å²) in [6.07, 6.45) is 1.65. The Hall–Kier alpha value is -4.04. The van der Waals surface area contributed by atoms with Gasteiger partial charge in [0.05, 0.1) is 19.3 Å². The van der Waals surface area contributed by atoms with E-state index in [1.165, 1.54) is 7.11 Å². The maximum absolute atomic E-state index is 13.4. The summed E-state index contributed by atoms with van der Waals surface area (Å²) < 4.78 is 4.72. The molecule has 0 aliphatic carbocycles. The Morgan fingerprint density at radius 3 is 2.18 bits per heavy atom. The summed E-state index contributed by atoms with van der Waals surface area (Å²) in [5, 5.41) is 4.23. The van der Waals surface area contributed by atoms with E-state index in [1.54, 1.807) is 11.2 Å². The van der Waals surface area contributed by atoms with Crippen molar-refractivity contribution in [3.63, 3.8) is 0 Å². The van der Waals surface area contributed by atoms with Gasteiger partial charge in [0.15, 0.2) is 5.78 Å². The lowest BCUT2D eigenvalue weighted by atomic mass is 9.86. The predicted molar refractivity (Wildman–Crippen MR) is 151 cm³/mol. The number of ether oxygens (including phenoxy) is 1. The van der Waals surface area contributed by atoms with Crippen LogP contribution in [0.5, 0.6) is 0 Å². The van der Waals surface area contributed by atoms with Crippen LogP contribution in [-0.4, -0.2) is 47.5 Å². The summed E-state index contributed by atoms with van der Waals surface area (Å²) in [5.41, 5.74) is 6.11. The third-order valence-electron chi connectivity index (χ3n) is 6.41. The average molecular weight is 531 g/mol. The van der Waals surface area contributed by atoms with E-state index in [9.17, 15) is 14.4 Å². The van der Waals surface area contributed by atoms with Crippen LogP contribution in [0.15, 0.2) is 79.0 Å². The number of amides is 2. The number of hydrogen-bond donors (Lipinski definition) is 2. The van der Waals surface area contributed by atoms with Gasteiger partial charge in [0.1, 0.15) is 6.04 Å². The van der Waals surface area contributed by atoms with Gasteiger partial charge < -0.3 is 10.1 Å². The van der Waals surface area contributed by atoms with Crippen LogP contribution < -0.4 is 10.7 Å². The lowest BCUT2D eigenvalue weighted by Crippen LogP contribution is -2.57. The van der Waals surface area contributed by atoms with Crippen molar-refractivity contribution in [3.05, 3.63) is 90.1 Å². The minimum Gasteiger partial charge on any atom is -0.453 e. The minimum absolute atomic E-state index is 0.00232. The van der Waals surface area contributed by atoms with Gasteiger partial charge in [0, 0.05) is 24.2 Å². The van der Waals surface area contributed by atoms with Gasteiger partial charge in [-0.15, -0.1) is 0 Å². The van der Waals surface area contributed by atoms with Crippen molar-refractivity contribution < 1.29 is 19.1 Å². The number of aromatic nitrogens is 1. The fourth-order valence-electron chi connectivity index (χ4n) is 4.17. The minimum atomic E-state index is -0.879. The summed E-state index contributed by atoms with van der Waals surface area (Å²) in [6.45, 7) is 7.75. The highest BCUT2D eigenvalue weighted by molar-refractivity contribution is 5.87. The van der Waals surface area contributed by atoms with E-state index in [4.69, 9.17) is 4.74 Å². The first-order valence-corrected chi connectivity index (χ1v) is 13.0. The number of nitrogens with zero attached hydrogens (tertiary/aromatic N) is 2. The van der Waals surface area contributed by atoms with Crippen molar-refractivity contribution in [1.29, 1.82) is 0 Å². The topological polar surface area (TPSA) is 101 Å². The molecule has 8 heteroatoms. The second-order valence-electron chi connectivity index (χ2n) is 10.7. The Balaban J connectivity index is 1.79. The fourth-order valence-corrected chi connectivity index (χ4v) is 4.17. The molecule has 0 aliphatic heterocycles. The summed E-state index contributed by atoms with van der Waals surface area (Å²) >= 11 is 0. The number of hydrazine groups is 1. The zero-order valence-electron chi connectivity index (χ0n) is 23.3. The monoisotopic (exact) mass is 530 g/mol. The Morgan fingerprint density at radius 1 is 0.923 bits per heavy atom. The van der Waals surface area contributed by atoms with Gasteiger partial charge in [-0.05, 0) is 35.1 Å². The first kappa shape index (κ1) is 29.5. The van der Waals surface area contributed by atoms with E-state index in [2.05, 4.69) is 15.7 Å². The third-order valence-corrected chi connectivity index (χ3v) is 6.41. The lowest BCUT2D eigenvalue weighted by molar-refractivity contribution is -0.133. The number of carbonyl (C=O) groups excluding carboxylic acids is 3. The van der Waals surface area contributed by atoms with Gasteiger partial charge in [-0.1, -0.05) is 88.4 Å². The lowest BCUT2D eigenvalue weighted by Gasteiger charge is -2.32. The Kier molecular flexibility index (Phi) is 10.3. The fraction of sp³-hybridized carbons (Fsp3) is 0.355. The van der Waals surface area contributed by atoms with Crippen LogP contribution in [0, 0.1) is 11.3 Å². The number of carbonyl (C=O) groups is 3. The van der Waals surface area contributed by atoms with Crippen LogP contribution in [0.25, 0.3) is 11.3 Å². The maximum atomic E-state index is 13.4. The molecule has 0 fully saturated rings. The Morgan fingerprint density at radius 2 is 1.59 bits per heavy atom. The summed E-state index contributed by atoms with van der Waals surface area (Å²) in [7, 11) is 1.25. The number of alkyl carbamates (subject to hydrolysis) is 1. The highest BCUT2D eigenvalue weighted by Crippen LogP contribution is 2.21. The quantitative estimate of drug-likeness (QED) is 0.346. The second kappa shape index (κ2) is 13.7. The van der Waals surface area contributed by atoms with E-state index in [1.807, 2.05) is 100 Å². The van der Waals surface area contributed by atoms with Gasteiger partial charge in [0.25, 0.3) is 5.91 Å². The first-order valence-electron chi connectivity index (χ1n) is 13.0. The van der Waals surface area contributed by atoms with Crippen LogP contribution in [0.4, 0.5) is 4.79 Å². The van der Waals surface area contributed by atoms with Crippen molar-refractivity contribution in [2.24, 2.45) is 11.3 Å². The van der Waals surface area contributed by atoms with Crippen molar-refractivity contribution in [2.45, 2.75) is 46.7 Å². The number of ketones is 1. The Bertz CT molecular complexity index is 1220. The molecule has 2 aromatic carbocycles. The smallest absolute Gasteiger partial charge is 0.407 e. The van der Waals surface area contributed by atoms with Gasteiger partial charge >= 0.3 is 6.09 Å². The van der Waals surface area contributed by atoms with Crippen LogP contribution >= 0.6 is 0 Å². The Labute approximate surface area is 230 Å². The molecule has 0 spiro atoms. The van der Waals surface area contributed by atoms with Crippen molar-refractivity contribution in [2.75, 3.05) is 13.7 Å². The van der Waals surface area contributed by atoms with Crippen molar-refractivity contribution in [3.8, 4) is 11.3 Å². The van der Waals surface area contributed by atoms with E-state index in [0.29, 0.717) is 13.0 Å². The molecule has 2 atom stereocenters. The number of methoxy groups -OCH3 is 1. The molecule has 206 valence electrons. The number of pyridine rings is 1. The molecule has 0 bridgehead atoms. The number of nitrogens with one attached hydrogen (secondary N) is 2. The zero-order valence-corrected chi connectivity index (χ0v) is 23.3. The maximum Gasteiger partial charge on any atom is 0.407 e. The normalized spacial score (nSPS) is 12.9. The van der Waals surface area contributed by atoms with E-state index in [0.717, 1.165) is 22.4 Å². The molecule has 2 N–H and O–H groups in total. The molecule has 2 amide bonds. The standard InChI is InChI=1S/C31H38N4O4/c1-22(19-23-11-7-6-8-12-23)27(36)21-35(34-29(37)28(31(2,3)4)33-30(38)39-5)20-24-14-16-25(17-15-24)26-13-9-10-18-32-26/h6-18,22,28H,19-21H2,1-5H3,(H,33,38)(H,34,37)/t22-,28-/m0/s1. The van der Waals surface area contributed by atoms with Crippen LogP contribution in [0.1, 0.15) is 38.8 Å². The number of benzene rings is 2. The number of Topliss-reactive ketones (excluding diaryl/α,β-unsaturated/α-hetero) is 1. The van der Waals surface area contributed by atoms with Gasteiger partial charge in [-0.3, -0.25) is 20.0 Å². The summed E-state index contributed by atoms with van der Waals surface area (Å²) in [5.74, 6) is -0.677. The third kappa shape index (κ3) is 9.04. The predicted octanol–water partition coefficient (Wildman–Crippen LogP) is 4.80. The summed E-state index contributed by atoms with van der Waals surface area (Å²) in [6, 6.07) is 22.6. The van der Waals surface area contributed by atoms with Gasteiger partial charge in [-0.2, -0.15) is 0 Å². The van der Waals surface area contributed by atoms with Crippen LogP contribution in [0.2, 0.25) is 0 Å². The molecule has 0 aliphatic rings.